The van der Waals surface area contributed by atoms with Crippen LogP contribution in [0.3, 0.4) is 0 Å². The number of carbonyl (C=O) groups excluding carboxylic acids is 1. The standard InChI is InChI=1S/C20H20N3OS2/c1-14-6-3-9-22(15(14)2)13-20(24)23-17(19-8-5-11-26-19)12-16(21-23)18-7-4-10-25-18/h3-11,17H,12-13H2,1-2H3/q+1/t17-/m0/s1. The van der Waals surface area contributed by atoms with E-state index in [0.29, 0.717) is 6.54 Å². The highest BCUT2D eigenvalue weighted by molar-refractivity contribution is 7.12. The fourth-order valence-corrected chi connectivity index (χ4v) is 4.71. The second-order valence-electron chi connectivity index (χ2n) is 6.40. The summed E-state index contributed by atoms with van der Waals surface area (Å²) in [5.41, 5.74) is 3.28. The quantitative estimate of drug-likeness (QED) is 0.626. The smallest absolute Gasteiger partial charge is 0.265 e. The average molecular weight is 383 g/mol. The Hall–Kier alpha value is -2.31. The molecule has 6 heteroatoms. The van der Waals surface area contributed by atoms with Crippen molar-refractivity contribution in [2.24, 2.45) is 5.10 Å². The maximum Gasteiger partial charge on any atom is 0.309 e. The van der Waals surface area contributed by atoms with Gasteiger partial charge in [-0.3, -0.25) is 4.79 Å². The third-order valence-corrected chi connectivity index (χ3v) is 6.65. The average Bonchev–Trinajstić information content (AvgIpc) is 3.39. The third kappa shape index (κ3) is 3.22. The molecule has 4 nitrogen and oxygen atoms in total. The number of hydrogen-bond acceptors (Lipinski definition) is 4. The fraction of sp³-hybridized carbons (Fsp3) is 0.250. The van der Waals surface area contributed by atoms with Crippen LogP contribution in [0.5, 0.6) is 0 Å². The van der Waals surface area contributed by atoms with Crippen LogP contribution < -0.4 is 4.57 Å². The molecule has 0 saturated heterocycles. The van der Waals surface area contributed by atoms with Gasteiger partial charge in [-0.25, -0.2) is 5.01 Å². The molecule has 1 aliphatic rings. The van der Waals surface area contributed by atoms with Crippen molar-refractivity contribution in [2.75, 3.05) is 0 Å². The number of hydrazone groups is 1. The summed E-state index contributed by atoms with van der Waals surface area (Å²) in [6, 6.07) is 12.3. The first-order valence-electron chi connectivity index (χ1n) is 8.56. The molecule has 0 spiro atoms. The number of rotatable bonds is 4. The summed E-state index contributed by atoms with van der Waals surface area (Å²) in [7, 11) is 0. The highest BCUT2D eigenvalue weighted by atomic mass is 32.1. The monoisotopic (exact) mass is 382 g/mol. The molecule has 4 rings (SSSR count). The van der Waals surface area contributed by atoms with Gasteiger partial charge in [0.25, 0.3) is 0 Å². The van der Waals surface area contributed by atoms with Crippen molar-refractivity contribution in [3.8, 4) is 0 Å². The summed E-state index contributed by atoms with van der Waals surface area (Å²) in [5.74, 6) is 0.0219. The summed E-state index contributed by atoms with van der Waals surface area (Å²) in [5, 5.41) is 10.5. The van der Waals surface area contributed by atoms with Gasteiger partial charge in [-0.15, -0.1) is 22.7 Å². The fourth-order valence-electron chi connectivity index (χ4n) is 3.17. The van der Waals surface area contributed by atoms with Crippen molar-refractivity contribution in [3.63, 3.8) is 0 Å². The lowest BCUT2D eigenvalue weighted by Crippen LogP contribution is -2.45. The Balaban J connectivity index is 1.64. The Morgan fingerprint density at radius 2 is 2.00 bits per heavy atom. The van der Waals surface area contributed by atoms with E-state index >= 15 is 0 Å². The Morgan fingerprint density at radius 3 is 2.73 bits per heavy atom. The lowest BCUT2D eigenvalue weighted by molar-refractivity contribution is -0.691. The van der Waals surface area contributed by atoms with E-state index in [1.54, 1.807) is 27.7 Å². The second-order valence-corrected chi connectivity index (χ2v) is 8.33. The molecule has 1 aliphatic heterocycles. The summed E-state index contributed by atoms with van der Waals surface area (Å²) < 4.78 is 2.00. The van der Waals surface area contributed by atoms with Gasteiger partial charge in [0.2, 0.25) is 6.54 Å². The van der Waals surface area contributed by atoms with Crippen molar-refractivity contribution >= 4 is 34.3 Å². The first kappa shape index (κ1) is 17.1. The Kier molecular flexibility index (Phi) is 4.70. The zero-order chi connectivity index (χ0) is 18.1. The highest BCUT2D eigenvalue weighted by Gasteiger charge is 2.35. The van der Waals surface area contributed by atoms with Gasteiger partial charge in [0.1, 0.15) is 0 Å². The molecular weight excluding hydrogens is 362 g/mol. The first-order chi connectivity index (χ1) is 12.6. The van der Waals surface area contributed by atoms with Crippen LogP contribution in [0.25, 0.3) is 0 Å². The van der Waals surface area contributed by atoms with Gasteiger partial charge in [-0.2, -0.15) is 9.67 Å². The summed E-state index contributed by atoms with van der Waals surface area (Å²) in [6.45, 7) is 4.41. The molecular formula is C20H20N3OS2+. The maximum atomic E-state index is 13.1. The molecule has 132 valence electrons. The molecule has 3 aromatic rings. The van der Waals surface area contributed by atoms with Crippen LogP contribution in [-0.2, 0) is 11.3 Å². The molecule has 0 bridgehead atoms. The topological polar surface area (TPSA) is 36.5 Å². The molecule has 0 fully saturated rings. The molecule has 26 heavy (non-hydrogen) atoms. The number of aromatic nitrogens is 1. The van der Waals surface area contributed by atoms with E-state index in [1.807, 2.05) is 35.9 Å². The number of amides is 1. The van der Waals surface area contributed by atoms with Crippen LogP contribution in [0, 0.1) is 13.8 Å². The number of aryl methyl sites for hydroxylation is 1. The van der Waals surface area contributed by atoms with Crippen LogP contribution in [0.2, 0.25) is 0 Å². The number of carbonyl (C=O) groups is 1. The van der Waals surface area contributed by atoms with Crippen molar-refractivity contribution in [1.29, 1.82) is 0 Å². The minimum absolute atomic E-state index is 0.00897. The molecule has 0 unspecified atom stereocenters. The Bertz CT molecular complexity index is 946. The molecule has 3 aromatic heterocycles. The largest absolute Gasteiger partial charge is 0.309 e. The minimum Gasteiger partial charge on any atom is -0.265 e. The van der Waals surface area contributed by atoms with E-state index in [-0.39, 0.29) is 11.9 Å². The third-order valence-electron chi connectivity index (χ3n) is 4.76. The summed E-state index contributed by atoms with van der Waals surface area (Å²) in [6.07, 6.45) is 2.73. The van der Waals surface area contributed by atoms with E-state index in [0.717, 1.165) is 22.7 Å². The number of nitrogens with zero attached hydrogens (tertiary/aromatic N) is 3. The first-order valence-corrected chi connectivity index (χ1v) is 10.3. The van der Waals surface area contributed by atoms with Gasteiger partial charge in [0, 0.05) is 29.9 Å². The van der Waals surface area contributed by atoms with E-state index < -0.39 is 0 Å². The predicted molar refractivity (Wildman–Crippen MR) is 105 cm³/mol. The number of hydrogen-bond donors (Lipinski definition) is 0. The highest BCUT2D eigenvalue weighted by Crippen LogP contribution is 2.35. The molecule has 1 amide bonds. The van der Waals surface area contributed by atoms with E-state index in [4.69, 9.17) is 5.10 Å². The zero-order valence-electron chi connectivity index (χ0n) is 14.8. The molecule has 0 saturated carbocycles. The lowest BCUT2D eigenvalue weighted by atomic mass is 10.1. The van der Waals surface area contributed by atoms with Gasteiger partial charge in [0.05, 0.1) is 16.6 Å². The van der Waals surface area contributed by atoms with Gasteiger partial charge in [-0.1, -0.05) is 12.1 Å². The van der Waals surface area contributed by atoms with Crippen LogP contribution in [0.4, 0.5) is 0 Å². The second kappa shape index (κ2) is 7.13. The van der Waals surface area contributed by atoms with Gasteiger partial charge in [-0.05, 0) is 35.9 Å². The van der Waals surface area contributed by atoms with Gasteiger partial charge in [0.15, 0.2) is 11.9 Å². The molecule has 1 atom stereocenters. The molecule has 0 aromatic carbocycles. The minimum atomic E-state index is -0.00897. The summed E-state index contributed by atoms with van der Waals surface area (Å²) >= 11 is 3.35. The van der Waals surface area contributed by atoms with Crippen molar-refractivity contribution < 1.29 is 9.36 Å². The van der Waals surface area contributed by atoms with Crippen molar-refractivity contribution in [3.05, 3.63) is 74.4 Å². The maximum absolute atomic E-state index is 13.1. The normalized spacial score (nSPS) is 16.8. The van der Waals surface area contributed by atoms with Crippen molar-refractivity contribution in [1.82, 2.24) is 5.01 Å². The van der Waals surface area contributed by atoms with Crippen LogP contribution in [0.15, 0.2) is 58.5 Å². The van der Waals surface area contributed by atoms with E-state index in [9.17, 15) is 4.79 Å². The molecule has 0 radical (unpaired) electrons. The Labute approximate surface area is 161 Å². The predicted octanol–water partition coefficient (Wildman–Crippen LogP) is 4.09. The SMILES string of the molecule is Cc1ccc[n+](CC(=O)N2N=C(c3cccs3)C[C@H]2c2cccs2)c1C. The van der Waals surface area contributed by atoms with Gasteiger partial charge < -0.3 is 0 Å². The van der Waals surface area contributed by atoms with Gasteiger partial charge >= 0.3 is 5.91 Å². The van der Waals surface area contributed by atoms with Crippen LogP contribution in [0.1, 0.15) is 33.5 Å². The zero-order valence-corrected chi connectivity index (χ0v) is 16.4. The number of pyridine rings is 1. The number of thiophene rings is 2. The summed E-state index contributed by atoms with van der Waals surface area (Å²) in [4.78, 5) is 15.4. The molecule has 0 N–H and O–H groups in total. The van der Waals surface area contributed by atoms with Crippen LogP contribution >= 0.6 is 22.7 Å². The van der Waals surface area contributed by atoms with E-state index in [1.165, 1.54) is 10.4 Å². The van der Waals surface area contributed by atoms with Crippen molar-refractivity contribution in [2.45, 2.75) is 32.9 Å². The van der Waals surface area contributed by atoms with E-state index in [2.05, 4.69) is 35.9 Å². The van der Waals surface area contributed by atoms with Crippen LogP contribution in [-0.4, -0.2) is 16.6 Å². The lowest BCUT2D eigenvalue weighted by Gasteiger charge is -2.19. The molecule has 0 aliphatic carbocycles. The molecule has 4 heterocycles. The Morgan fingerprint density at radius 1 is 1.19 bits per heavy atom.